The average molecular weight is 296 g/mol. The Kier molecular flexibility index (Phi) is 6.97. The van der Waals surface area contributed by atoms with Gasteiger partial charge in [-0.15, -0.1) is 0 Å². The summed E-state index contributed by atoms with van der Waals surface area (Å²) in [5, 5.41) is 3.63. The smallest absolute Gasteiger partial charge is 0.0472 e. The molecule has 2 rings (SSSR count). The van der Waals surface area contributed by atoms with Crippen molar-refractivity contribution in [1.82, 2.24) is 10.2 Å². The van der Waals surface area contributed by atoms with Gasteiger partial charge in [0.25, 0.3) is 0 Å². The first-order valence-corrected chi connectivity index (χ1v) is 9.18. The normalized spacial score (nSPS) is 23.3. The van der Waals surface area contributed by atoms with Gasteiger partial charge in [0.2, 0.25) is 0 Å². The van der Waals surface area contributed by atoms with Gasteiger partial charge in [-0.05, 0) is 43.6 Å². The highest BCUT2D eigenvalue weighted by Gasteiger charge is 2.36. The van der Waals surface area contributed by atoms with E-state index in [9.17, 15) is 0 Å². The Hall–Kier alpha value is -0.120. The third-order valence-corrected chi connectivity index (χ3v) is 5.28. The fourth-order valence-electron chi connectivity index (χ4n) is 4.10. The molecule has 0 radical (unpaired) electrons. The molecule has 3 nitrogen and oxygen atoms in total. The predicted octanol–water partition coefficient (Wildman–Crippen LogP) is 3.29. The molecule has 124 valence electrons. The molecule has 0 aromatic heterocycles. The third kappa shape index (κ3) is 5.22. The lowest BCUT2D eigenvalue weighted by atomic mass is 9.79. The molecule has 0 aromatic carbocycles. The van der Waals surface area contributed by atoms with Crippen molar-refractivity contribution in [2.24, 2.45) is 11.3 Å². The van der Waals surface area contributed by atoms with Crippen molar-refractivity contribution in [3.05, 3.63) is 0 Å². The van der Waals surface area contributed by atoms with Crippen molar-refractivity contribution in [2.45, 2.75) is 65.3 Å². The second-order valence-electron chi connectivity index (χ2n) is 7.65. The number of hydrogen-bond acceptors (Lipinski definition) is 3. The molecule has 1 N–H and O–H groups in total. The molecule has 1 aliphatic carbocycles. The van der Waals surface area contributed by atoms with Crippen molar-refractivity contribution < 1.29 is 4.74 Å². The standard InChI is InChI=1S/C18H36N2O/c1-4-19-14-18(9-11-21-12-10-18)15-20(13-16(2)3)17-7-5-6-8-17/h16-17,19H,4-15H2,1-3H3. The zero-order valence-electron chi connectivity index (χ0n) is 14.5. The van der Waals surface area contributed by atoms with E-state index >= 15 is 0 Å². The maximum atomic E-state index is 5.65. The molecule has 1 saturated carbocycles. The Bertz CT molecular complexity index is 281. The molecule has 2 aliphatic rings. The Morgan fingerprint density at radius 3 is 2.43 bits per heavy atom. The SMILES string of the molecule is CCNCC1(CN(CC(C)C)C2CCCC2)CCOCC1. The predicted molar refractivity (Wildman–Crippen MR) is 89.7 cm³/mol. The van der Waals surface area contributed by atoms with Crippen molar-refractivity contribution >= 4 is 0 Å². The van der Waals surface area contributed by atoms with E-state index in [1.54, 1.807) is 0 Å². The summed E-state index contributed by atoms with van der Waals surface area (Å²) in [6, 6.07) is 0.841. The zero-order valence-corrected chi connectivity index (χ0v) is 14.5. The molecule has 1 heterocycles. The lowest BCUT2D eigenvalue weighted by Gasteiger charge is -2.43. The van der Waals surface area contributed by atoms with Crippen molar-refractivity contribution in [2.75, 3.05) is 39.4 Å². The molecule has 0 unspecified atom stereocenters. The summed E-state index contributed by atoms with van der Waals surface area (Å²) < 4.78 is 5.65. The highest BCUT2D eigenvalue weighted by molar-refractivity contribution is 4.90. The summed E-state index contributed by atoms with van der Waals surface area (Å²) >= 11 is 0. The molecule has 21 heavy (non-hydrogen) atoms. The zero-order chi connectivity index (χ0) is 15.1. The minimum atomic E-state index is 0.436. The van der Waals surface area contributed by atoms with Gasteiger partial charge in [-0.25, -0.2) is 0 Å². The van der Waals surface area contributed by atoms with Crippen molar-refractivity contribution in [3.8, 4) is 0 Å². The summed E-state index contributed by atoms with van der Waals surface area (Å²) in [5.41, 5.74) is 0.436. The minimum Gasteiger partial charge on any atom is -0.381 e. The first kappa shape index (κ1) is 17.2. The molecule has 2 fully saturated rings. The molecule has 0 aromatic rings. The van der Waals surface area contributed by atoms with Gasteiger partial charge >= 0.3 is 0 Å². The highest BCUT2D eigenvalue weighted by Crippen LogP contribution is 2.34. The van der Waals surface area contributed by atoms with E-state index in [1.807, 2.05) is 0 Å². The van der Waals surface area contributed by atoms with Gasteiger partial charge < -0.3 is 10.1 Å². The number of rotatable bonds is 8. The molecule has 0 atom stereocenters. The molecule has 1 aliphatic heterocycles. The van der Waals surface area contributed by atoms with E-state index in [0.717, 1.165) is 38.3 Å². The minimum absolute atomic E-state index is 0.436. The van der Waals surface area contributed by atoms with Crippen LogP contribution in [0.3, 0.4) is 0 Å². The molecular weight excluding hydrogens is 260 g/mol. The largest absolute Gasteiger partial charge is 0.381 e. The van der Waals surface area contributed by atoms with Crippen LogP contribution < -0.4 is 5.32 Å². The number of hydrogen-bond donors (Lipinski definition) is 1. The monoisotopic (exact) mass is 296 g/mol. The van der Waals surface area contributed by atoms with Crippen molar-refractivity contribution in [1.29, 1.82) is 0 Å². The summed E-state index contributed by atoms with van der Waals surface area (Å²) in [4.78, 5) is 2.83. The Morgan fingerprint density at radius 1 is 1.19 bits per heavy atom. The summed E-state index contributed by atoms with van der Waals surface area (Å²) in [7, 11) is 0. The van der Waals surface area contributed by atoms with E-state index in [0.29, 0.717) is 5.41 Å². The van der Waals surface area contributed by atoms with Gasteiger partial charge in [-0.2, -0.15) is 0 Å². The van der Waals surface area contributed by atoms with Gasteiger partial charge in [-0.1, -0.05) is 33.6 Å². The quantitative estimate of drug-likeness (QED) is 0.744. The fraction of sp³-hybridized carbons (Fsp3) is 1.00. The maximum absolute atomic E-state index is 5.65. The van der Waals surface area contributed by atoms with E-state index in [2.05, 4.69) is 31.0 Å². The second-order valence-corrected chi connectivity index (χ2v) is 7.65. The summed E-state index contributed by atoms with van der Waals surface area (Å²) in [6.07, 6.45) is 8.15. The van der Waals surface area contributed by atoms with Crippen LogP contribution in [-0.4, -0.2) is 50.3 Å². The van der Waals surface area contributed by atoms with Crippen LogP contribution in [0.2, 0.25) is 0 Å². The Balaban J connectivity index is 2.02. The van der Waals surface area contributed by atoms with Crippen LogP contribution in [0.5, 0.6) is 0 Å². The number of ether oxygens (including phenoxy) is 1. The van der Waals surface area contributed by atoms with Crippen molar-refractivity contribution in [3.63, 3.8) is 0 Å². The van der Waals surface area contributed by atoms with E-state index in [4.69, 9.17) is 4.74 Å². The summed E-state index contributed by atoms with van der Waals surface area (Å²) in [6.45, 7) is 13.6. The van der Waals surface area contributed by atoms with E-state index < -0.39 is 0 Å². The molecule has 0 spiro atoms. The molecule has 1 saturated heterocycles. The maximum Gasteiger partial charge on any atom is 0.0472 e. The van der Waals surface area contributed by atoms with Crippen LogP contribution >= 0.6 is 0 Å². The second kappa shape index (κ2) is 8.50. The molecule has 0 amide bonds. The summed E-state index contributed by atoms with van der Waals surface area (Å²) in [5.74, 6) is 0.765. The van der Waals surface area contributed by atoms with Crippen LogP contribution in [0.15, 0.2) is 0 Å². The van der Waals surface area contributed by atoms with E-state index in [-0.39, 0.29) is 0 Å². The Morgan fingerprint density at radius 2 is 1.86 bits per heavy atom. The van der Waals surface area contributed by atoms with Gasteiger partial charge in [-0.3, -0.25) is 4.90 Å². The van der Waals surface area contributed by atoms with E-state index in [1.165, 1.54) is 51.6 Å². The molecular formula is C18H36N2O. The van der Waals surface area contributed by atoms with Gasteiger partial charge in [0.15, 0.2) is 0 Å². The fourth-order valence-corrected chi connectivity index (χ4v) is 4.10. The van der Waals surface area contributed by atoms with Gasteiger partial charge in [0, 0.05) is 38.9 Å². The van der Waals surface area contributed by atoms with Crippen LogP contribution in [0.25, 0.3) is 0 Å². The number of nitrogens with zero attached hydrogens (tertiary/aromatic N) is 1. The lowest BCUT2D eigenvalue weighted by molar-refractivity contribution is -0.0136. The van der Waals surface area contributed by atoms with Gasteiger partial charge in [0.1, 0.15) is 0 Å². The third-order valence-electron chi connectivity index (χ3n) is 5.28. The highest BCUT2D eigenvalue weighted by atomic mass is 16.5. The van der Waals surface area contributed by atoms with Crippen LogP contribution in [0.1, 0.15) is 59.3 Å². The van der Waals surface area contributed by atoms with Crippen LogP contribution in [0.4, 0.5) is 0 Å². The first-order valence-electron chi connectivity index (χ1n) is 9.18. The first-order chi connectivity index (χ1) is 10.2. The van der Waals surface area contributed by atoms with Crippen LogP contribution in [0, 0.1) is 11.3 Å². The lowest BCUT2D eigenvalue weighted by Crippen LogP contribution is -2.50. The average Bonchev–Trinajstić information content (AvgIpc) is 2.99. The number of nitrogens with one attached hydrogen (secondary N) is 1. The topological polar surface area (TPSA) is 24.5 Å². The van der Waals surface area contributed by atoms with Gasteiger partial charge in [0.05, 0.1) is 0 Å². The molecule has 3 heteroatoms. The Labute approximate surface area is 131 Å². The molecule has 0 bridgehead atoms. The van der Waals surface area contributed by atoms with Crippen LogP contribution in [-0.2, 0) is 4.74 Å².